The first-order valence-electron chi connectivity index (χ1n) is 5.59. The molecule has 2 rings (SSSR count). The number of nitrogens with zero attached hydrogens (tertiary/aromatic N) is 2. The Hall–Kier alpha value is -2.39. The number of nitriles is 1. The number of aliphatic carboxylic acids is 1. The molecule has 0 aliphatic carbocycles. The molecular formula is C13H12N2O4. The molecule has 19 heavy (non-hydrogen) atoms. The second-order valence-corrected chi connectivity index (χ2v) is 4.23. The first-order chi connectivity index (χ1) is 9.11. The highest BCUT2D eigenvalue weighted by Gasteiger charge is 2.47. The number of methoxy groups -OCH3 is 1. The monoisotopic (exact) mass is 260 g/mol. The molecule has 1 N–H and O–H groups in total. The van der Waals surface area contributed by atoms with Crippen LogP contribution in [0.5, 0.6) is 0 Å². The summed E-state index contributed by atoms with van der Waals surface area (Å²) in [6.07, 6.45) is 0.102. The fourth-order valence-corrected chi connectivity index (χ4v) is 1.89. The molecule has 0 fully saturated rings. The van der Waals surface area contributed by atoms with E-state index in [-0.39, 0.29) is 13.0 Å². The third-order valence-electron chi connectivity index (χ3n) is 2.88. The van der Waals surface area contributed by atoms with E-state index >= 15 is 0 Å². The number of hydrogen-bond acceptors (Lipinski definition) is 5. The van der Waals surface area contributed by atoms with Crippen molar-refractivity contribution in [2.24, 2.45) is 5.16 Å². The van der Waals surface area contributed by atoms with Gasteiger partial charge in [-0.25, -0.2) is 4.79 Å². The van der Waals surface area contributed by atoms with Crippen LogP contribution in [0.4, 0.5) is 0 Å². The largest absolute Gasteiger partial charge is 0.478 e. The minimum Gasteiger partial charge on any atom is -0.478 e. The van der Waals surface area contributed by atoms with Gasteiger partial charge in [-0.3, -0.25) is 0 Å². The molecule has 1 atom stereocenters. The van der Waals surface area contributed by atoms with Crippen LogP contribution in [0.25, 0.3) is 0 Å². The first kappa shape index (κ1) is 13.1. The molecule has 0 amide bonds. The Morgan fingerprint density at radius 3 is 3.11 bits per heavy atom. The predicted octanol–water partition coefficient (Wildman–Crippen LogP) is 1.15. The molecule has 0 bridgehead atoms. The van der Waals surface area contributed by atoms with Gasteiger partial charge in [-0.1, -0.05) is 17.3 Å². The smallest absolute Gasteiger partial charge is 0.353 e. The number of carboxylic acids is 1. The fourth-order valence-electron chi connectivity index (χ4n) is 1.89. The van der Waals surface area contributed by atoms with Crippen LogP contribution in [0.15, 0.2) is 29.4 Å². The van der Waals surface area contributed by atoms with E-state index in [1.807, 2.05) is 6.07 Å². The number of oxime groups is 1. The summed E-state index contributed by atoms with van der Waals surface area (Å²) in [5.41, 5.74) is 0.182. The molecule has 0 saturated carbocycles. The Morgan fingerprint density at radius 2 is 2.47 bits per heavy atom. The third-order valence-corrected chi connectivity index (χ3v) is 2.88. The van der Waals surface area contributed by atoms with E-state index in [4.69, 9.17) is 14.8 Å². The quantitative estimate of drug-likeness (QED) is 0.876. The number of ether oxygens (including phenoxy) is 1. The van der Waals surface area contributed by atoms with Crippen molar-refractivity contribution in [3.05, 3.63) is 35.4 Å². The van der Waals surface area contributed by atoms with Gasteiger partial charge in [-0.05, 0) is 12.1 Å². The molecule has 1 aliphatic heterocycles. The molecule has 1 aromatic carbocycles. The number of rotatable bonds is 4. The molecule has 6 heteroatoms. The molecule has 6 nitrogen and oxygen atoms in total. The van der Waals surface area contributed by atoms with Crippen LogP contribution in [0, 0.1) is 11.3 Å². The first-order valence-corrected chi connectivity index (χ1v) is 5.59. The lowest BCUT2D eigenvalue weighted by atomic mass is 9.94. The Labute approximate surface area is 109 Å². The van der Waals surface area contributed by atoms with E-state index in [2.05, 4.69) is 5.16 Å². The second kappa shape index (κ2) is 5.08. The lowest BCUT2D eigenvalue weighted by Crippen LogP contribution is -2.43. The number of hydrogen-bond donors (Lipinski definition) is 1. The summed E-state index contributed by atoms with van der Waals surface area (Å²) in [6.45, 7) is -0.0900. The van der Waals surface area contributed by atoms with E-state index in [0.717, 1.165) is 0 Å². The van der Waals surface area contributed by atoms with Crippen molar-refractivity contribution in [3.63, 3.8) is 0 Å². The Balaban J connectivity index is 2.25. The molecule has 1 heterocycles. The molecule has 0 aromatic heterocycles. The van der Waals surface area contributed by atoms with E-state index in [1.54, 1.807) is 24.3 Å². The fraction of sp³-hybridized carbons (Fsp3) is 0.308. The van der Waals surface area contributed by atoms with Crippen LogP contribution in [0.1, 0.15) is 17.5 Å². The van der Waals surface area contributed by atoms with Crippen LogP contribution in [-0.2, 0) is 14.4 Å². The van der Waals surface area contributed by atoms with Gasteiger partial charge in [-0.15, -0.1) is 0 Å². The summed E-state index contributed by atoms with van der Waals surface area (Å²) in [5, 5.41) is 21.9. The summed E-state index contributed by atoms with van der Waals surface area (Å²) < 4.78 is 4.89. The van der Waals surface area contributed by atoms with Gasteiger partial charge in [0.25, 0.3) is 5.60 Å². The third kappa shape index (κ3) is 2.41. The van der Waals surface area contributed by atoms with Gasteiger partial charge in [0, 0.05) is 19.1 Å². The highest BCUT2D eigenvalue weighted by Crippen LogP contribution is 2.28. The molecule has 0 radical (unpaired) electrons. The van der Waals surface area contributed by atoms with Crippen molar-refractivity contribution in [2.45, 2.75) is 12.0 Å². The van der Waals surface area contributed by atoms with Crippen LogP contribution in [0.2, 0.25) is 0 Å². The lowest BCUT2D eigenvalue weighted by molar-refractivity contribution is -0.168. The standard InChI is InChI=1S/C13H12N2O4/c1-18-8-13(12(16)17)6-11(15-19-13)10-4-2-3-9(5-10)7-14/h2-5H,6,8H2,1H3,(H,16,17). The van der Waals surface area contributed by atoms with Gasteiger partial charge in [0.15, 0.2) is 0 Å². The number of carboxylic acid groups (broad SMARTS) is 1. The van der Waals surface area contributed by atoms with Crippen molar-refractivity contribution in [3.8, 4) is 6.07 Å². The zero-order valence-electron chi connectivity index (χ0n) is 10.3. The number of carbonyl (C=O) groups is 1. The van der Waals surface area contributed by atoms with Gasteiger partial charge in [-0.2, -0.15) is 5.26 Å². The molecular weight excluding hydrogens is 248 g/mol. The lowest BCUT2D eigenvalue weighted by Gasteiger charge is -2.20. The predicted molar refractivity (Wildman–Crippen MR) is 65.6 cm³/mol. The zero-order valence-corrected chi connectivity index (χ0v) is 10.3. The van der Waals surface area contributed by atoms with Crippen LogP contribution >= 0.6 is 0 Å². The van der Waals surface area contributed by atoms with Crippen molar-refractivity contribution in [1.82, 2.24) is 0 Å². The van der Waals surface area contributed by atoms with E-state index in [1.165, 1.54) is 7.11 Å². The van der Waals surface area contributed by atoms with Crippen molar-refractivity contribution in [1.29, 1.82) is 5.26 Å². The molecule has 1 aliphatic rings. The Bertz CT molecular complexity index is 576. The summed E-state index contributed by atoms with van der Waals surface area (Å²) in [7, 11) is 1.41. The normalized spacial score (nSPS) is 21.4. The van der Waals surface area contributed by atoms with Crippen molar-refractivity contribution >= 4 is 11.7 Å². The number of benzene rings is 1. The summed E-state index contributed by atoms with van der Waals surface area (Å²) in [5.74, 6) is -1.12. The maximum absolute atomic E-state index is 11.3. The SMILES string of the molecule is COCC1(C(=O)O)CC(c2cccc(C#N)c2)=NO1. The summed E-state index contributed by atoms with van der Waals surface area (Å²) in [4.78, 5) is 16.3. The maximum Gasteiger partial charge on any atom is 0.353 e. The summed E-state index contributed by atoms with van der Waals surface area (Å²) >= 11 is 0. The maximum atomic E-state index is 11.3. The minimum atomic E-state index is -1.48. The van der Waals surface area contributed by atoms with Crippen molar-refractivity contribution in [2.75, 3.05) is 13.7 Å². The topological polar surface area (TPSA) is 91.9 Å². The van der Waals surface area contributed by atoms with E-state index < -0.39 is 11.6 Å². The molecule has 0 spiro atoms. The molecule has 1 unspecified atom stereocenters. The van der Waals surface area contributed by atoms with E-state index in [0.29, 0.717) is 16.8 Å². The highest BCUT2D eigenvalue weighted by atomic mass is 16.7. The minimum absolute atomic E-state index is 0.0900. The molecule has 0 saturated heterocycles. The Kier molecular flexibility index (Phi) is 3.49. The van der Waals surface area contributed by atoms with Gasteiger partial charge in [0.05, 0.1) is 17.3 Å². The average molecular weight is 260 g/mol. The van der Waals surface area contributed by atoms with Crippen LogP contribution in [-0.4, -0.2) is 36.1 Å². The van der Waals surface area contributed by atoms with Gasteiger partial charge >= 0.3 is 5.97 Å². The van der Waals surface area contributed by atoms with Gasteiger partial charge in [0.2, 0.25) is 0 Å². The zero-order chi connectivity index (χ0) is 13.9. The molecule has 1 aromatic rings. The van der Waals surface area contributed by atoms with Gasteiger partial charge in [0.1, 0.15) is 6.61 Å². The van der Waals surface area contributed by atoms with Gasteiger partial charge < -0.3 is 14.7 Å². The Morgan fingerprint density at radius 1 is 1.68 bits per heavy atom. The summed E-state index contributed by atoms with van der Waals surface area (Å²) in [6, 6.07) is 8.81. The van der Waals surface area contributed by atoms with Crippen molar-refractivity contribution < 1.29 is 19.5 Å². The average Bonchev–Trinajstić information content (AvgIpc) is 2.85. The molecule has 98 valence electrons. The van der Waals surface area contributed by atoms with E-state index in [9.17, 15) is 9.90 Å². The highest BCUT2D eigenvalue weighted by molar-refractivity contribution is 6.04. The van der Waals surface area contributed by atoms with Crippen LogP contribution in [0.3, 0.4) is 0 Å². The van der Waals surface area contributed by atoms with Crippen LogP contribution < -0.4 is 0 Å². The second-order valence-electron chi connectivity index (χ2n) is 4.23.